The SMILES string of the molecule is Cc1cc(SC2=CC=C(c3ccccc3)C2)ccc1Sc1ccc(-c2ccccc2)cc1. The van der Waals surface area contributed by atoms with Crippen molar-refractivity contribution in [2.45, 2.75) is 28.0 Å². The standard InChI is InChI=1S/C30H24S2/c1-22-20-28(31-29-17-14-26(21-29)24-10-6-3-7-11-24)18-19-30(22)32-27-15-12-25(13-16-27)23-8-4-2-5-9-23/h2-20H,21H2,1H3. The minimum Gasteiger partial charge on any atom is -0.0942 e. The maximum Gasteiger partial charge on any atom is 0.0152 e. The maximum absolute atomic E-state index is 2.31. The summed E-state index contributed by atoms with van der Waals surface area (Å²) in [5.74, 6) is 0. The molecule has 5 rings (SSSR count). The van der Waals surface area contributed by atoms with E-state index in [0.29, 0.717) is 0 Å². The van der Waals surface area contributed by atoms with E-state index in [1.165, 1.54) is 47.4 Å². The van der Waals surface area contributed by atoms with Gasteiger partial charge in [-0.25, -0.2) is 0 Å². The summed E-state index contributed by atoms with van der Waals surface area (Å²) in [6.07, 6.45) is 5.53. The first kappa shape index (κ1) is 20.9. The normalized spacial score (nSPS) is 13.0. The zero-order valence-corrected chi connectivity index (χ0v) is 19.6. The van der Waals surface area contributed by atoms with Crippen LogP contribution in [0.25, 0.3) is 16.7 Å². The predicted octanol–water partition coefficient (Wildman–Crippen LogP) is 9.28. The molecule has 32 heavy (non-hydrogen) atoms. The molecule has 4 aromatic carbocycles. The zero-order valence-electron chi connectivity index (χ0n) is 18.0. The van der Waals surface area contributed by atoms with Gasteiger partial charge in [0.2, 0.25) is 0 Å². The van der Waals surface area contributed by atoms with Crippen molar-refractivity contribution in [1.82, 2.24) is 0 Å². The zero-order chi connectivity index (χ0) is 21.8. The summed E-state index contributed by atoms with van der Waals surface area (Å²) in [7, 11) is 0. The molecule has 2 heteroatoms. The Morgan fingerprint density at radius 2 is 1.19 bits per heavy atom. The first-order valence-corrected chi connectivity index (χ1v) is 12.4. The Hall–Kier alpha value is -2.94. The van der Waals surface area contributed by atoms with Gasteiger partial charge in [-0.1, -0.05) is 108 Å². The maximum atomic E-state index is 2.31. The molecule has 0 saturated carbocycles. The molecule has 0 N–H and O–H groups in total. The van der Waals surface area contributed by atoms with Crippen molar-refractivity contribution in [3.8, 4) is 11.1 Å². The summed E-state index contributed by atoms with van der Waals surface area (Å²) in [6, 6.07) is 36.9. The molecule has 0 nitrogen and oxygen atoms in total. The first-order valence-electron chi connectivity index (χ1n) is 10.8. The second kappa shape index (κ2) is 9.68. The lowest BCUT2D eigenvalue weighted by Gasteiger charge is -2.10. The summed E-state index contributed by atoms with van der Waals surface area (Å²) in [5, 5.41) is 0. The number of rotatable bonds is 6. The van der Waals surface area contributed by atoms with Crippen molar-refractivity contribution in [1.29, 1.82) is 0 Å². The van der Waals surface area contributed by atoms with Gasteiger partial charge in [-0.15, -0.1) is 0 Å². The molecule has 1 aliphatic carbocycles. The average molecular weight is 449 g/mol. The van der Waals surface area contributed by atoms with Gasteiger partial charge in [-0.3, -0.25) is 0 Å². The number of thioether (sulfide) groups is 1. The first-order chi connectivity index (χ1) is 15.7. The third kappa shape index (κ3) is 4.93. The quantitative estimate of drug-likeness (QED) is 0.288. The number of hydrogen-bond donors (Lipinski definition) is 0. The van der Waals surface area contributed by atoms with Crippen LogP contribution < -0.4 is 0 Å². The molecule has 0 atom stereocenters. The fourth-order valence-corrected chi connectivity index (χ4v) is 5.76. The Labute approximate surface area is 199 Å². The van der Waals surface area contributed by atoms with Crippen LogP contribution in [0.15, 0.2) is 135 Å². The molecule has 0 bridgehead atoms. The van der Waals surface area contributed by atoms with E-state index in [1.807, 2.05) is 23.5 Å². The van der Waals surface area contributed by atoms with Gasteiger partial charge < -0.3 is 0 Å². The summed E-state index contributed by atoms with van der Waals surface area (Å²) >= 11 is 3.71. The second-order valence-electron chi connectivity index (χ2n) is 7.89. The number of allylic oxidation sites excluding steroid dienone is 4. The minimum atomic E-state index is 1.01. The summed E-state index contributed by atoms with van der Waals surface area (Å²) in [5.41, 5.74) is 6.55. The van der Waals surface area contributed by atoms with Crippen molar-refractivity contribution < 1.29 is 0 Å². The summed E-state index contributed by atoms with van der Waals surface area (Å²) in [6.45, 7) is 2.21. The molecule has 0 amide bonds. The van der Waals surface area contributed by atoms with E-state index >= 15 is 0 Å². The monoisotopic (exact) mass is 448 g/mol. The van der Waals surface area contributed by atoms with Crippen LogP contribution in [-0.4, -0.2) is 0 Å². The molecule has 0 fully saturated rings. The second-order valence-corrected chi connectivity index (χ2v) is 10.2. The lowest BCUT2D eigenvalue weighted by molar-refractivity contribution is 1.23. The highest BCUT2D eigenvalue weighted by Crippen LogP contribution is 2.40. The molecule has 0 unspecified atom stereocenters. The molecule has 156 valence electrons. The number of aryl methyl sites for hydroxylation is 1. The van der Waals surface area contributed by atoms with E-state index in [9.17, 15) is 0 Å². The van der Waals surface area contributed by atoms with Gasteiger partial charge in [0.1, 0.15) is 0 Å². The minimum absolute atomic E-state index is 1.01. The highest BCUT2D eigenvalue weighted by molar-refractivity contribution is 8.03. The van der Waals surface area contributed by atoms with Crippen LogP contribution in [0, 0.1) is 6.92 Å². The van der Waals surface area contributed by atoms with E-state index in [4.69, 9.17) is 0 Å². The highest BCUT2D eigenvalue weighted by Gasteiger charge is 2.12. The van der Waals surface area contributed by atoms with E-state index in [0.717, 1.165) is 6.42 Å². The largest absolute Gasteiger partial charge is 0.0942 e. The fraction of sp³-hybridized carbons (Fsp3) is 0.0667. The van der Waals surface area contributed by atoms with Crippen LogP contribution in [0.2, 0.25) is 0 Å². The van der Waals surface area contributed by atoms with Gasteiger partial charge in [0.05, 0.1) is 0 Å². The fourth-order valence-electron chi connectivity index (χ4n) is 3.84. The van der Waals surface area contributed by atoms with Gasteiger partial charge in [0, 0.05) is 21.1 Å². The Kier molecular flexibility index (Phi) is 6.34. The van der Waals surface area contributed by atoms with E-state index < -0.39 is 0 Å². The third-order valence-electron chi connectivity index (χ3n) is 5.56. The summed E-state index contributed by atoms with van der Waals surface area (Å²) in [4.78, 5) is 5.29. The molecular formula is C30H24S2. The van der Waals surface area contributed by atoms with Crippen molar-refractivity contribution in [3.05, 3.63) is 131 Å². The average Bonchev–Trinajstić information content (AvgIpc) is 3.31. The van der Waals surface area contributed by atoms with Crippen LogP contribution in [0.4, 0.5) is 0 Å². The Morgan fingerprint density at radius 3 is 1.88 bits per heavy atom. The van der Waals surface area contributed by atoms with Crippen LogP contribution >= 0.6 is 23.5 Å². The lowest BCUT2D eigenvalue weighted by Crippen LogP contribution is -1.84. The molecule has 4 aromatic rings. The van der Waals surface area contributed by atoms with Crippen LogP contribution in [-0.2, 0) is 0 Å². The predicted molar refractivity (Wildman–Crippen MR) is 140 cm³/mol. The van der Waals surface area contributed by atoms with E-state index in [2.05, 4.69) is 122 Å². The molecule has 0 spiro atoms. The number of hydrogen-bond acceptors (Lipinski definition) is 2. The van der Waals surface area contributed by atoms with Gasteiger partial charge in [-0.2, -0.15) is 0 Å². The Morgan fingerprint density at radius 1 is 0.562 bits per heavy atom. The van der Waals surface area contributed by atoms with Gasteiger partial charge >= 0.3 is 0 Å². The van der Waals surface area contributed by atoms with Gasteiger partial charge in [0.15, 0.2) is 0 Å². The molecule has 0 radical (unpaired) electrons. The smallest absolute Gasteiger partial charge is 0.0152 e. The molecular weight excluding hydrogens is 424 g/mol. The van der Waals surface area contributed by atoms with Crippen LogP contribution in [0.1, 0.15) is 17.5 Å². The van der Waals surface area contributed by atoms with Gasteiger partial charge in [0.25, 0.3) is 0 Å². The molecule has 0 aromatic heterocycles. The molecule has 0 saturated heterocycles. The summed E-state index contributed by atoms with van der Waals surface area (Å²) < 4.78 is 0. The molecule has 0 heterocycles. The van der Waals surface area contributed by atoms with E-state index in [1.54, 1.807) is 0 Å². The highest BCUT2D eigenvalue weighted by atomic mass is 32.2. The molecule has 1 aliphatic rings. The van der Waals surface area contributed by atoms with Crippen LogP contribution in [0.5, 0.6) is 0 Å². The third-order valence-corrected chi connectivity index (χ3v) is 7.78. The Balaban J connectivity index is 1.22. The van der Waals surface area contributed by atoms with Crippen molar-refractivity contribution in [3.63, 3.8) is 0 Å². The lowest BCUT2D eigenvalue weighted by atomic mass is 10.1. The van der Waals surface area contributed by atoms with Crippen molar-refractivity contribution in [2.75, 3.05) is 0 Å². The van der Waals surface area contributed by atoms with Crippen molar-refractivity contribution >= 4 is 29.1 Å². The molecule has 0 aliphatic heterocycles. The van der Waals surface area contributed by atoms with E-state index in [-0.39, 0.29) is 0 Å². The topological polar surface area (TPSA) is 0 Å². The van der Waals surface area contributed by atoms with Gasteiger partial charge in [-0.05, 0) is 70.0 Å². The van der Waals surface area contributed by atoms with Crippen molar-refractivity contribution in [2.24, 2.45) is 0 Å². The number of benzene rings is 4. The van der Waals surface area contributed by atoms with Crippen LogP contribution in [0.3, 0.4) is 0 Å². The Bertz CT molecular complexity index is 1270.